The van der Waals surface area contributed by atoms with Crippen LogP contribution in [0.3, 0.4) is 0 Å². The van der Waals surface area contributed by atoms with Crippen molar-refractivity contribution in [3.63, 3.8) is 0 Å². The molecule has 1 saturated heterocycles. The lowest BCUT2D eigenvalue weighted by atomic mass is 10.0. The van der Waals surface area contributed by atoms with E-state index in [1.807, 2.05) is 16.5 Å². The average Bonchev–Trinajstić information content (AvgIpc) is 3.20. The van der Waals surface area contributed by atoms with E-state index in [1.54, 1.807) is 43.6 Å². The first kappa shape index (κ1) is 22.7. The lowest BCUT2D eigenvalue weighted by Crippen LogP contribution is -2.47. The van der Waals surface area contributed by atoms with Gasteiger partial charge in [0, 0.05) is 24.7 Å². The van der Waals surface area contributed by atoms with Crippen LogP contribution in [-0.2, 0) is 4.79 Å². The predicted octanol–water partition coefficient (Wildman–Crippen LogP) is 2.47. The Morgan fingerprint density at radius 1 is 1.24 bits per heavy atom. The maximum Gasteiger partial charge on any atom is 0.256 e. The fraction of sp³-hybridized carbons (Fsp3) is 0.450. The number of likely N-dealkylation sites (tertiary alicyclic amines) is 1. The first-order valence-electron chi connectivity index (χ1n) is 9.56. The highest BCUT2D eigenvalue weighted by Gasteiger charge is 2.27. The normalized spacial score (nSPS) is 15.3. The van der Waals surface area contributed by atoms with Crippen LogP contribution in [0.25, 0.3) is 0 Å². The molecule has 1 aromatic carbocycles. The molecule has 1 aromatic heterocycles. The first-order valence-corrected chi connectivity index (χ1v) is 9.56. The van der Waals surface area contributed by atoms with Crippen LogP contribution in [0.5, 0.6) is 5.75 Å². The molecule has 1 aliphatic heterocycles. The summed E-state index contributed by atoms with van der Waals surface area (Å²) < 4.78 is 6.96. The summed E-state index contributed by atoms with van der Waals surface area (Å²) in [6, 6.07) is 8.42. The smallest absolute Gasteiger partial charge is 0.256 e. The Labute approximate surface area is 176 Å². The number of anilines is 1. The van der Waals surface area contributed by atoms with Crippen molar-refractivity contribution in [2.24, 2.45) is 5.73 Å². The fourth-order valence-electron chi connectivity index (χ4n) is 3.38. The predicted molar refractivity (Wildman–Crippen MR) is 114 cm³/mol. The Morgan fingerprint density at radius 3 is 2.48 bits per heavy atom. The van der Waals surface area contributed by atoms with Crippen molar-refractivity contribution in [1.82, 2.24) is 14.7 Å². The zero-order valence-electron chi connectivity index (χ0n) is 16.7. The van der Waals surface area contributed by atoms with Gasteiger partial charge in [-0.2, -0.15) is 5.10 Å². The van der Waals surface area contributed by atoms with Crippen molar-refractivity contribution in [2.75, 3.05) is 25.5 Å². The average molecular weight is 422 g/mol. The number of nitrogens with zero attached hydrogens (tertiary/aromatic N) is 3. The van der Waals surface area contributed by atoms with Gasteiger partial charge in [-0.15, -0.1) is 12.4 Å². The van der Waals surface area contributed by atoms with Gasteiger partial charge < -0.3 is 20.7 Å². The molecule has 9 heteroatoms. The van der Waals surface area contributed by atoms with Crippen molar-refractivity contribution < 1.29 is 14.3 Å². The molecule has 3 rings (SSSR count). The number of amides is 2. The molecule has 2 amide bonds. The van der Waals surface area contributed by atoms with Gasteiger partial charge in [-0.1, -0.05) is 6.92 Å². The van der Waals surface area contributed by atoms with Crippen LogP contribution < -0.4 is 15.8 Å². The van der Waals surface area contributed by atoms with Gasteiger partial charge in [0.1, 0.15) is 11.6 Å². The van der Waals surface area contributed by atoms with Crippen LogP contribution >= 0.6 is 12.4 Å². The summed E-state index contributed by atoms with van der Waals surface area (Å²) in [5, 5.41) is 7.31. The third kappa shape index (κ3) is 5.27. The lowest BCUT2D eigenvalue weighted by molar-refractivity contribution is -0.134. The molecule has 0 spiro atoms. The number of piperidine rings is 1. The topological polar surface area (TPSA) is 102 Å². The molecule has 1 atom stereocenters. The van der Waals surface area contributed by atoms with Crippen molar-refractivity contribution in [3.8, 4) is 5.75 Å². The Balaban J connectivity index is 0.00000300. The zero-order valence-corrected chi connectivity index (χ0v) is 17.5. The summed E-state index contributed by atoms with van der Waals surface area (Å²) in [5.74, 6) is 1.15. The number of hydrogen-bond acceptors (Lipinski definition) is 5. The molecular weight excluding hydrogens is 394 g/mol. The van der Waals surface area contributed by atoms with E-state index < -0.39 is 6.04 Å². The molecule has 29 heavy (non-hydrogen) atoms. The Bertz CT molecular complexity index is 816. The number of carbonyl (C=O) groups excluding carboxylic acids is 2. The quantitative estimate of drug-likeness (QED) is 0.745. The Kier molecular flexibility index (Phi) is 8.04. The number of benzene rings is 1. The van der Waals surface area contributed by atoms with Crippen molar-refractivity contribution in [1.29, 1.82) is 0 Å². The Morgan fingerprint density at radius 2 is 1.90 bits per heavy atom. The van der Waals surface area contributed by atoms with Crippen LogP contribution in [0.15, 0.2) is 36.5 Å². The molecule has 0 radical (unpaired) electrons. The third-order valence-corrected chi connectivity index (χ3v) is 5.14. The van der Waals surface area contributed by atoms with Crippen molar-refractivity contribution >= 4 is 30.0 Å². The maximum atomic E-state index is 12.5. The molecule has 158 valence electrons. The number of hydrogen-bond donors (Lipinski definition) is 2. The SMILES string of the molecule is CC[C@H](N)C(=O)N1CCC(n2nccc2NC(=O)c2ccc(OC)cc2)CC1.Cl. The number of methoxy groups -OCH3 is 1. The third-order valence-electron chi connectivity index (χ3n) is 5.14. The minimum Gasteiger partial charge on any atom is -0.497 e. The van der Waals surface area contributed by atoms with Gasteiger partial charge in [0.2, 0.25) is 5.91 Å². The molecule has 2 heterocycles. The molecule has 0 aliphatic carbocycles. The Hall–Kier alpha value is -2.58. The van der Waals surface area contributed by atoms with Gasteiger partial charge >= 0.3 is 0 Å². The van der Waals surface area contributed by atoms with Crippen molar-refractivity contribution in [3.05, 3.63) is 42.1 Å². The number of carbonyl (C=O) groups is 2. The fourth-order valence-corrected chi connectivity index (χ4v) is 3.38. The van der Waals surface area contributed by atoms with Crippen LogP contribution in [0, 0.1) is 0 Å². The summed E-state index contributed by atoms with van der Waals surface area (Å²) in [7, 11) is 1.59. The molecular formula is C20H28ClN5O3. The monoisotopic (exact) mass is 421 g/mol. The van der Waals surface area contributed by atoms with Gasteiger partial charge in [0.25, 0.3) is 5.91 Å². The molecule has 0 bridgehead atoms. The van der Waals surface area contributed by atoms with Crippen LogP contribution in [-0.4, -0.2) is 52.7 Å². The molecule has 2 aromatic rings. The van der Waals surface area contributed by atoms with Crippen LogP contribution in [0.4, 0.5) is 5.82 Å². The first-order chi connectivity index (χ1) is 13.5. The lowest BCUT2D eigenvalue weighted by Gasteiger charge is -2.34. The van der Waals surface area contributed by atoms with E-state index in [0.29, 0.717) is 36.6 Å². The van der Waals surface area contributed by atoms with Crippen LogP contribution in [0.1, 0.15) is 42.6 Å². The second-order valence-corrected chi connectivity index (χ2v) is 6.91. The van der Waals surface area contributed by atoms with Gasteiger partial charge in [-0.3, -0.25) is 9.59 Å². The number of nitrogens with one attached hydrogen (secondary N) is 1. The van der Waals surface area contributed by atoms with Gasteiger partial charge in [-0.05, 0) is 43.5 Å². The summed E-state index contributed by atoms with van der Waals surface area (Å²) >= 11 is 0. The number of halogens is 1. The maximum absolute atomic E-state index is 12.5. The molecule has 0 saturated carbocycles. The molecule has 8 nitrogen and oxygen atoms in total. The molecule has 0 unspecified atom stereocenters. The number of nitrogens with two attached hydrogens (primary N) is 1. The summed E-state index contributed by atoms with van der Waals surface area (Å²) in [6.07, 6.45) is 3.86. The number of rotatable bonds is 6. The highest BCUT2D eigenvalue weighted by Crippen LogP contribution is 2.26. The van der Waals surface area contributed by atoms with Crippen molar-refractivity contribution in [2.45, 2.75) is 38.3 Å². The van der Waals surface area contributed by atoms with E-state index >= 15 is 0 Å². The number of ether oxygens (including phenoxy) is 1. The summed E-state index contributed by atoms with van der Waals surface area (Å²) in [6.45, 7) is 3.20. The summed E-state index contributed by atoms with van der Waals surface area (Å²) in [4.78, 5) is 26.6. The zero-order chi connectivity index (χ0) is 20.1. The van der Waals surface area contributed by atoms with Gasteiger partial charge in [0.05, 0.1) is 25.4 Å². The standard InChI is InChI=1S/C20H27N5O3.ClH/c1-3-17(21)20(27)24-12-9-15(10-13-24)25-18(8-11-22-25)23-19(26)14-4-6-16(28-2)7-5-14;/h4-8,11,15,17H,3,9-10,12-13,21H2,1-2H3,(H,23,26);1H/t17-;/m0./s1. The minimum absolute atomic E-state index is 0. The van der Waals surface area contributed by atoms with Gasteiger partial charge in [-0.25, -0.2) is 4.68 Å². The van der Waals surface area contributed by atoms with E-state index in [2.05, 4.69) is 10.4 Å². The molecule has 1 fully saturated rings. The molecule has 1 aliphatic rings. The van der Waals surface area contributed by atoms with Crippen LogP contribution in [0.2, 0.25) is 0 Å². The van der Waals surface area contributed by atoms with E-state index in [4.69, 9.17) is 10.5 Å². The largest absolute Gasteiger partial charge is 0.497 e. The van der Waals surface area contributed by atoms with E-state index in [0.717, 1.165) is 12.8 Å². The second-order valence-electron chi connectivity index (χ2n) is 6.91. The minimum atomic E-state index is -0.430. The highest BCUT2D eigenvalue weighted by molar-refractivity contribution is 6.03. The second kappa shape index (κ2) is 10.3. The highest BCUT2D eigenvalue weighted by atomic mass is 35.5. The number of aromatic nitrogens is 2. The summed E-state index contributed by atoms with van der Waals surface area (Å²) in [5.41, 5.74) is 6.41. The van der Waals surface area contributed by atoms with E-state index in [9.17, 15) is 9.59 Å². The van der Waals surface area contributed by atoms with E-state index in [1.165, 1.54) is 0 Å². The van der Waals surface area contributed by atoms with E-state index in [-0.39, 0.29) is 30.3 Å². The van der Waals surface area contributed by atoms with Gasteiger partial charge in [0.15, 0.2) is 0 Å². The molecule has 3 N–H and O–H groups in total.